The van der Waals surface area contributed by atoms with E-state index < -0.39 is 29.6 Å². The number of nitrogens with zero attached hydrogens (tertiary/aromatic N) is 1. The summed E-state index contributed by atoms with van der Waals surface area (Å²) in [6, 6.07) is 7.58. The quantitative estimate of drug-likeness (QED) is 0.178. The largest absolute Gasteiger partial charge is 0.508 e. The minimum Gasteiger partial charge on any atom is -0.508 e. The number of phenols is 1. The van der Waals surface area contributed by atoms with Gasteiger partial charge in [0.25, 0.3) is 0 Å². The van der Waals surface area contributed by atoms with E-state index in [0.717, 1.165) is 18.2 Å². The van der Waals surface area contributed by atoms with Crippen molar-refractivity contribution in [2.24, 2.45) is 22.2 Å². The first-order chi connectivity index (χ1) is 15.5. The van der Waals surface area contributed by atoms with Gasteiger partial charge < -0.3 is 32.9 Å². The predicted octanol–water partition coefficient (Wildman–Crippen LogP) is 1.91. The number of carbonyl (C=O) groups excluding carboxylic acids is 2. The minimum absolute atomic E-state index is 0.0147. The number of benzene rings is 2. The molecule has 9 nitrogen and oxygen atoms in total. The number of alkyl halides is 3. The Hall–Kier alpha value is -3.96. The number of carbonyl (C=O) groups is 2. The Morgan fingerprint density at radius 1 is 1.03 bits per heavy atom. The number of aromatic hydroxyl groups is 1. The number of amides is 2. The van der Waals surface area contributed by atoms with Crippen molar-refractivity contribution >= 4 is 29.1 Å². The monoisotopic (exact) mass is 466 g/mol. The second-order valence-corrected chi connectivity index (χ2v) is 7.20. The fourth-order valence-electron chi connectivity index (χ4n) is 2.92. The highest BCUT2D eigenvalue weighted by Gasteiger charge is 2.31. The number of hydrogen-bond donors (Lipinski definition) is 6. The van der Waals surface area contributed by atoms with Crippen LogP contribution in [0.25, 0.3) is 0 Å². The summed E-state index contributed by atoms with van der Waals surface area (Å²) in [6.45, 7) is 0.233. The molecule has 0 bridgehead atoms. The molecule has 1 unspecified atom stereocenters. The van der Waals surface area contributed by atoms with Gasteiger partial charge in [0.1, 0.15) is 11.8 Å². The second kappa shape index (κ2) is 11.1. The van der Waals surface area contributed by atoms with E-state index in [1.165, 1.54) is 24.3 Å². The molecule has 178 valence electrons. The number of aliphatic imine (C=N–C) groups is 1. The van der Waals surface area contributed by atoms with Crippen molar-refractivity contribution < 1.29 is 27.9 Å². The Bertz CT molecular complexity index is 1010. The Labute approximate surface area is 187 Å². The van der Waals surface area contributed by atoms with Crippen molar-refractivity contribution in [3.05, 3.63) is 53.6 Å². The molecule has 33 heavy (non-hydrogen) atoms. The van der Waals surface area contributed by atoms with E-state index in [1.54, 1.807) is 0 Å². The molecule has 0 aliphatic heterocycles. The molecule has 2 rings (SSSR count). The van der Waals surface area contributed by atoms with E-state index in [2.05, 4.69) is 15.6 Å². The second-order valence-electron chi connectivity index (χ2n) is 7.20. The van der Waals surface area contributed by atoms with Crippen LogP contribution in [0.15, 0.2) is 47.5 Å². The maximum absolute atomic E-state index is 13.2. The van der Waals surface area contributed by atoms with Crippen LogP contribution < -0.4 is 27.8 Å². The van der Waals surface area contributed by atoms with Gasteiger partial charge in [-0.2, -0.15) is 13.2 Å². The summed E-state index contributed by atoms with van der Waals surface area (Å²) in [4.78, 5) is 28.1. The van der Waals surface area contributed by atoms with Crippen LogP contribution in [0.1, 0.15) is 24.0 Å². The van der Waals surface area contributed by atoms with Crippen LogP contribution in [-0.2, 0) is 22.2 Å². The van der Waals surface area contributed by atoms with E-state index in [1.807, 2.05) is 0 Å². The molecule has 2 aromatic carbocycles. The van der Waals surface area contributed by atoms with E-state index in [9.17, 15) is 27.9 Å². The van der Waals surface area contributed by atoms with Gasteiger partial charge in [-0.1, -0.05) is 12.1 Å². The Kier molecular flexibility index (Phi) is 8.49. The summed E-state index contributed by atoms with van der Waals surface area (Å²) >= 11 is 0. The van der Waals surface area contributed by atoms with E-state index in [0.29, 0.717) is 12.0 Å². The summed E-state index contributed by atoms with van der Waals surface area (Å²) in [5, 5.41) is 14.6. The van der Waals surface area contributed by atoms with Gasteiger partial charge in [-0.3, -0.25) is 14.6 Å². The standard InChI is InChI=1S/C21H25F3N6O3/c22-21(23,24)13-5-8-15(29-16(19(25)33)2-1-9-28-20(26)27)17(11-13)30-18(32)10-12-3-6-14(31)7-4-12/h3-8,11,16,29,31H,1-2,9-10H2,(H2,25,33)(H,30,32)(H4,26,27,28). The zero-order chi connectivity index (χ0) is 24.6. The molecule has 0 heterocycles. The highest BCUT2D eigenvalue weighted by atomic mass is 19.4. The Morgan fingerprint density at radius 3 is 2.27 bits per heavy atom. The molecule has 2 aromatic rings. The van der Waals surface area contributed by atoms with Gasteiger partial charge in [0.15, 0.2) is 5.96 Å². The fourth-order valence-corrected chi connectivity index (χ4v) is 2.92. The normalized spacial score (nSPS) is 12.0. The average molecular weight is 466 g/mol. The number of anilines is 2. The number of hydrogen-bond acceptors (Lipinski definition) is 5. The molecule has 0 spiro atoms. The molecule has 0 radical (unpaired) electrons. The molecule has 0 aliphatic rings. The van der Waals surface area contributed by atoms with Gasteiger partial charge in [0, 0.05) is 6.54 Å². The van der Waals surface area contributed by atoms with Gasteiger partial charge in [0.2, 0.25) is 11.8 Å². The van der Waals surface area contributed by atoms with Crippen LogP contribution in [0.3, 0.4) is 0 Å². The predicted molar refractivity (Wildman–Crippen MR) is 118 cm³/mol. The summed E-state index contributed by atoms with van der Waals surface area (Å²) in [5.41, 5.74) is 15.4. The SMILES string of the molecule is NC(=O)C(CCCN=C(N)N)Nc1ccc(C(F)(F)F)cc1NC(=O)Cc1ccc(O)cc1. The van der Waals surface area contributed by atoms with Crippen LogP contribution in [0.4, 0.5) is 24.5 Å². The van der Waals surface area contributed by atoms with Crippen LogP contribution in [-0.4, -0.2) is 35.5 Å². The first-order valence-corrected chi connectivity index (χ1v) is 9.86. The molecular formula is C21H25F3N6O3. The minimum atomic E-state index is -4.64. The van der Waals surface area contributed by atoms with E-state index in [4.69, 9.17) is 17.2 Å². The van der Waals surface area contributed by atoms with Gasteiger partial charge in [0.05, 0.1) is 23.4 Å². The molecule has 0 saturated heterocycles. The Morgan fingerprint density at radius 2 is 1.70 bits per heavy atom. The van der Waals surface area contributed by atoms with Crippen molar-refractivity contribution in [2.45, 2.75) is 31.5 Å². The number of primary amides is 1. The lowest BCUT2D eigenvalue weighted by Crippen LogP contribution is -2.36. The summed E-state index contributed by atoms with van der Waals surface area (Å²) in [5.74, 6) is -1.42. The topological polar surface area (TPSA) is 169 Å². The molecular weight excluding hydrogens is 441 g/mol. The van der Waals surface area contributed by atoms with Crippen LogP contribution >= 0.6 is 0 Å². The highest BCUT2D eigenvalue weighted by Crippen LogP contribution is 2.34. The third-order valence-corrected chi connectivity index (χ3v) is 4.54. The molecule has 12 heteroatoms. The zero-order valence-electron chi connectivity index (χ0n) is 17.5. The van der Waals surface area contributed by atoms with E-state index >= 15 is 0 Å². The van der Waals surface area contributed by atoms with Crippen molar-refractivity contribution in [2.75, 3.05) is 17.2 Å². The number of halogens is 3. The number of phenolic OH excluding ortho intramolecular Hbond substituents is 1. The van der Waals surface area contributed by atoms with Crippen LogP contribution in [0.2, 0.25) is 0 Å². The molecule has 1 atom stereocenters. The third kappa shape index (κ3) is 8.24. The van der Waals surface area contributed by atoms with Gasteiger partial charge in [-0.15, -0.1) is 0 Å². The van der Waals surface area contributed by atoms with E-state index in [-0.39, 0.29) is 42.5 Å². The Balaban J connectivity index is 2.23. The van der Waals surface area contributed by atoms with Gasteiger partial charge in [-0.25, -0.2) is 0 Å². The fraction of sp³-hybridized carbons (Fsp3) is 0.286. The number of rotatable bonds is 10. The summed E-state index contributed by atoms with van der Waals surface area (Å²) in [6.07, 6.45) is -4.21. The van der Waals surface area contributed by atoms with Crippen molar-refractivity contribution in [3.63, 3.8) is 0 Å². The molecule has 0 fully saturated rings. The van der Waals surface area contributed by atoms with Gasteiger partial charge in [-0.05, 0) is 48.7 Å². The lowest BCUT2D eigenvalue weighted by atomic mass is 10.1. The number of nitrogens with one attached hydrogen (secondary N) is 2. The van der Waals surface area contributed by atoms with Crippen molar-refractivity contribution in [1.82, 2.24) is 0 Å². The average Bonchev–Trinajstić information content (AvgIpc) is 2.71. The van der Waals surface area contributed by atoms with Gasteiger partial charge >= 0.3 is 6.18 Å². The smallest absolute Gasteiger partial charge is 0.416 e. The maximum Gasteiger partial charge on any atom is 0.416 e. The molecule has 0 aromatic heterocycles. The molecule has 9 N–H and O–H groups in total. The molecule has 2 amide bonds. The number of nitrogens with two attached hydrogens (primary N) is 3. The highest BCUT2D eigenvalue weighted by molar-refractivity contribution is 5.96. The first kappa shape index (κ1) is 25.3. The van der Waals surface area contributed by atoms with Crippen LogP contribution in [0.5, 0.6) is 5.75 Å². The summed E-state index contributed by atoms with van der Waals surface area (Å²) < 4.78 is 39.7. The lowest BCUT2D eigenvalue weighted by molar-refractivity contribution is -0.137. The number of guanidine groups is 1. The molecule has 0 aliphatic carbocycles. The zero-order valence-corrected chi connectivity index (χ0v) is 17.5. The van der Waals surface area contributed by atoms with Crippen LogP contribution in [0, 0.1) is 0 Å². The summed E-state index contributed by atoms with van der Waals surface area (Å²) in [7, 11) is 0. The van der Waals surface area contributed by atoms with Crippen molar-refractivity contribution in [3.8, 4) is 5.75 Å². The molecule has 0 saturated carbocycles. The first-order valence-electron chi connectivity index (χ1n) is 9.86. The van der Waals surface area contributed by atoms with Crippen molar-refractivity contribution in [1.29, 1.82) is 0 Å². The maximum atomic E-state index is 13.2. The lowest BCUT2D eigenvalue weighted by Gasteiger charge is -2.20. The third-order valence-electron chi connectivity index (χ3n) is 4.54.